The largest absolute Gasteiger partial charge is 0.240 e. The second-order valence-corrected chi connectivity index (χ2v) is 18.1. The van der Waals surface area contributed by atoms with Crippen LogP contribution in [0.25, 0.3) is 42.6 Å². The molecule has 268 valence electrons. The number of hydrogen-bond donors (Lipinski definition) is 0. The van der Waals surface area contributed by atoms with E-state index >= 15 is 0 Å². The Morgan fingerprint density at radius 2 is 1.09 bits per heavy atom. The Morgan fingerprint density at radius 3 is 1.69 bits per heavy atom. The first-order valence-electron chi connectivity index (χ1n) is 19.7. The van der Waals surface area contributed by atoms with Crippen molar-refractivity contribution in [1.82, 2.24) is 0 Å². The molecule has 0 spiro atoms. The molecule has 1 nitrogen and oxygen atoms in total. The summed E-state index contributed by atoms with van der Waals surface area (Å²) in [6.45, 7) is 18.8. The molecular weight excluding hydrogens is 680 g/mol. The lowest BCUT2D eigenvalue weighted by atomic mass is 9.20. The van der Waals surface area contributed by atoms with Crippen molar-refractivity contribution in [3.8, 4) is 21.7 Å². The van der Waals surface area contributed by atoms with Gasteiger partial charge in [0, 0.05) is 16.3 Å². The monoisotopic (exact) mass is 728 g/mol. The van der Waals surface area contributed by atoms with Gasteiger partial charge in [0.1, 0.15) is 11.7 Å². The molecule has 0 unspecified atom stereocenters. The molecule has 0 aliphatic carbocycles. The lowest BCUT2D eigenvalue weighted by Crippen LogP contribution is -2.75. The first-order valence-corrected chi connectivity index (χ1v) is 20.5. The molecule has 0 saturated heterocycles. The highest BCUT2D eigenvalue weighted by Crippen LogP contribution is 2.42. The molecule has 9 rings (SSSR count). The maximum Gasteiger partial charge on any atom is 0.240 e. The minimum atomic E-state index is 0.0115. The van der Waals surface area contributed by atoms with Crippen LogP contribution in [0.2, 0.25) is 0 Å². The van der Waals surface area contributed by atoms with Crippen LogP contribution in [0.5, 0.6) is 0 Å². The maximum absolute atomic E-state index is 2.55. The summed E-state index contributed by atoms with van der Waals surface area (Å²) >= 11 is 1.93. The number of rotatable bonds is 4. The van der Waals surface area contributed by atoms with Crippen LogP contribution < -0.4 is 37.3 Å². The van der Waals surface area contributed by atoms with Gasteiger partial charge in [-0.2, -0.15) is 4.57 Å². The zero-order valence-electron chi connectivity index (χ0n) is 33.6. The lowest BCUT2D eigenvalue weighted by Gasteiger charge is -2.34. The first-order chi connectivity index (χ1) is 26.4. The van der Waals surface area contributed by atoms with Crippen LogP contribution in [0.3, 0.4) is 0 Å². The number of benzene rings is 6. The van der Waals surface area contributed by atoms with Crippen LogP contribution in [-0.4, -0.2) is 13.4 Å². The van der Waals surface area contributed by atoms with Crippen LogP contribution in [-0.2, 0) is 12.5 Å². The van der Waals surface area contributed by atoms with Crippen molar-refractivity contribution < 1.29 is 4.57 Å². The summed E-state index contributed by atoms with van der Waals surface area (Å²) in [6.07, 6.45) is 2.25. The number of aromatic nitrogens is 1. The molecule has 6 aromatic carbocycles. The standard InChI is InChI=1S/C51H48B2NS/c1-31-16-14-17-32(2)47(31)52-42-22-12-13-23-43(42)53(48-33(3)18-15-19-34(48)4)45-28-36(24-25-44(45)52)46-29-37-26-27-54(9)49(50(37)55-46)40-30-41(51(6,7)8)39-21-11-10-20-38(39)35(40)5/h10-30H,1-9H3/q+1. The van der Waals surface area contributed by atoms with Gasteiger partial charge < -0.3 is 0 Å². The van der Waals surface area contributed by atoms with Gasteiger partial charge in [0.05, 0.1) is 5.56 Å². The second-order valence-electron chi connectivity index (χ2n) is 17.0. The summed E-state index contributed by atoms with van der Waals surface area (Å²) in [4.78, 5) is 1.31. The van der Waals surface area contributed by atoms with Gasteiger partial charge in [0.2, 0.25) is 19.1 Å². The number of hydrogen-bond acceptors (Lipinski definition) is 1. The number of fused-ring (bicyclic) bond motifs is 4. The molecule has 0 atom stereocenters. The van der Waals surface area contributed by atoms with E-state index in [1.807, 2.05) is 11.3 Å². The van der Waals surface area contributed by atoms with Crippen molar-refractivity contribution in [2.75, 3.05) is 0 Å². The highest BCUT2D eigenvalue weighted by molar-refractivity contribution is 7.22. The van der Waals surface area contributed by atoms with E-state index in [0.717, 1.165) is 0 Å². The van der Waals surface area contributed by atoms with Gasteiger partial charge in [0.25, 0.3) is 0 Å². The van der Waals surface area contributed by atoms with Crippen molar-refractivity contribution in [2.24, 2.45) is 7.05 Å². The van der Waals surface area contributed by atoms with Crippen LogP contribution in [0.1, 0.15) is 54.2 Å². The summed E-state index contributed by atoms with van der Waals surface area (Å²) in [7, 11) is 2.21. The molecular formula is C51H48B2NS+. The van der Waals surface area contributed by atoms with Crippen LogP contribution >= 0.6 is 11.3 Å². The van der Waals surface area contributed by atoms with Crippen LogP contribution in [0.15, 0.2) is 128 Å². The van der Waals surface area contributed by atoms with E-state index in [4.69, 9.17) is 0 Å². The Bertz CT molecular complexity index is 2800. The Hall–Kier alpha value is -5.18. The molecule has 2 aromatic heterocycles. The Balaban J connectivity index is 1.29. The highest BCUT2D eigenvalue weighted by atomic mass is 32.1. The summed E-state index contributed by atoms with van der Waals surface area (Å²) in [6, 6.07) is 46.4. The van der Waals surface area contributed by atoms with Gasteiger partial charge in [0.15, 0.2) is 6.20 Å². The average Bonchev–Trinajstić information content (AvgIpc) is 3.59. The van der Waals surface area contributed by atoms with Crippen molar-refractivity contribution in [2.45, 2.75) is 60.8 Å². The van der Waals surface area contributed by atoms with Gasteiger partial charge in [-0.25, -0.2) is 0 Å². The molecule has 0 N–H and O–H groups in total. The predicted molar refractivity (Wildman–Crippen MR) is 242 cm³/mol. The SMILES string of the molecule is Cc1cccc(C)c1B1c2ccccc2B(c2c(C)cccc2C)c2cc(-c3cc4cc[n+](C)c(-c5cc(C(C)(C)C)c6ccccc6c5C)c4s3)ccc21. The topological polar surface area (TPSA) is 3.88 Å². The second kappa shape index (κ2) is 13.2. The fraction of sp³-hybridized carbons (Fsp3) is 0.196. The minimum absolute atomic E-state index is 0.0115. The molecule has 8 aromatic rings. The summed E-state index contributed by atoms with van der Waals surface area (Å²) in [5.74, 6) is 0. The smallest absolute Gasteiger partial charge is 0.200 e. The molecule has 1 aliphatic heterocycles. The maximum atomic E-state index is 2.55. The van der Waals surface area contributed by atoms with Crippen LogP contribution in [0.4, 0.5) is 0 Å². The molecule has 0 saturated carbocycles. The average molecular weight is 729 g/mol. The molecule has 0 bridgehead atoms. The van der Waals surface area contributed by atoms with Gasteiger partial charge >= 0.3 is 0 Å². The van der Waals surface area contributed by atoms with Crippen molar-refractivity contribution >= 4 is 78.4 Å². The van der Waals surface area contributed by atoms with Gasteiger partial charge in [-0.15, -0.1) is 11.3 Å². The van der Waals surface area contributed by atoms with Crippen LogP contribution in [0, 0.1) is 34.6 Å². The fourth-order valence-electron chi connectivity index (χ4n) is 9.78. The van der Waals surface area contributed by atoms with Crippen molar-refractivity contribution in [3.05, 3.63) is 161 Å². The number of aryl methyl sites for hydroxylation is 6. The quantitative estimate of drug-likeness (QED) is 0.127. The van der Waals surface area contributed by atoms with Gasteiger partial charge in [-0.05, 0) is 79.6 Å². The van der Waals surface area contributed by atoms with E-state index in [0.29, 0.717) is 0 Å². The Labute approximate surface area is 331 Å². The van der Waals surface area contributed by atoms with E-state index in [-0.39, 0.29) is 18.8 Å². The van der Waals surface area contributed by atoms with E-state index in [1.54, 1.807) is 0 Å². The lowest BCUT2D eigenvalue weighted by molar-refractivity contribution is -0.659. The predicted octanol–water partition coefficient (Wildman–Crippen LogP) is 8.40. The summed E-state index contributed by atoms with van der Waals surface area (Å²) in [5, 5.41) is 3.98. The molecule has 0 radical (unpaired) electrons. The molecule has 55 heavy (non-hydrogen) atoms. The zero-order valence-corrected chi connectivity index (χ0v) is 34.5. The third-order valence-electron chi connectivity index (χ3n) is 12.5. The third kappa shape index (κ3) is 5.72. The minimum Gasteiger partial charge on any atom is -0.200 e. The fourth-order valence-corrected chi connectivity index (χ4v) is 11.0. The van der Waals surface area contributed by atoms with Crippen molar-refractivity contribution in [3.63, 3.8) is 0 Å². The highest BCUT2D eigenvalue weighted by Gasteiger charge is 2.40. The van der Waals surface area contributed by atoms with Crippen molar-refractivity contribution in [1.29, 1.82) is 0 Å². The number of pyridine rings is 1. The third-order valence-corrected chi connectivity index (χ3v) is 13.7. The Morgan fingerprint density at radius 1 is 0.545 bits per heavy atom. The first kappa shape index (κ1) is 35.5. The molecule has 0 fully saturated rings. The van der Waals surface area contributed by atoms with E-state index in [9.17, 15) is 0 Å². The number of thiophene rings is 1. The van der Waals surface area contributed by atoms with E-state index < -0.39 is 0 Å². The van der Waals surface area contributed by atoms with E-state index in [1.165, 1.54) is 109 Å². The normalized spacial score (nSPS) is 12.7. The van der Waals surface area contributed by atoms with Gasteiger partial charge in [-0.1, -0.05) is 179 Å². The summed E-state index contributed by atoms with van der Waals surface area (Å²) < 4.78 is 3.67. The zero-order chi connectivity index (χ0) is 38.3. The summed E-state index contributed by atoms with van der Waals surface area (Å²) in [5.41, 5.74) is 20.6. The van der Waals surface area contributed by atoms with Gasteiger partial charge in [-0.3, -0.25) is 0 Å². The molecule has 3 heterocycles. The van der Waals surface area contributed by atoms with E-state index in [2.05, 4.69) is 195 Å². The molecule has 4 heteroatoms. The molecule has 0 amide bonds. The molecule has 1 aliphatic rings. The number of nitrogens with zero attached hydrogens (tertiary/aromatic N) is 1. The Kier molecular flexibility index (Phi) is 8.55.